The van der Waals surface area contributed by atoms with E-state index in [-0.39, 0.29) is 23.7 Å². The Morgan fingerprint density at radius 2 is 2.06 bits per heavy atom. The van der Waals surface area contributed by atoms with E-state index >= 15 is 0 Å². The lowest BCUT2D eigenvalue weighted by Gasteiger charge is -2.26. The minimum atomic E-state index is -0.462. The van der Waals surface area contributed by atoms with Crippen molar-refractivity contribution in [2.45, 2.75) is 44.8 Å². The van der Waals surface area contributed by atoms with Crippen molar-refractivity contribution in [3.63, 3.8) is 0 Å². The third-order valence-corrected chi connectivity index (χ3v) is 3.17. The molecule has 18 heavy (non-hydrogen) atoms. The fraction of sp³-hybridized carbons (Fsp3) is 0.583. The highest BCUT2D eigenvalue weighted by Gasteiger charge is 2.24. The van der Waals surface area contributed by atoms with E-state index in [1.54, 1.807) is 13.0 Å². The van der Waals surface area contributed by atoms with Crippen molar-refractivity contribution in [2.24, 2.45) is 5.73 Å². The van der Waals surface area contributed by atoms with Crippen molar-refractivity contribution in [2.75, 3.05) is 0 Å². The molecule has 98 valence electrons. The third-order valence-electron chi connectivity index (χ3n) is 3.17. The summed E-state index contributed by atoms with van der Waals surface area (Å²) < 4.78 is 5.67. The molecule has 1 saturated carbocycles. The van der Waals surface area contributed by atoms with E-state index in [2.05, 4.69) is 4.98 Å². The van der Waals surface area contributed by atoms with Gasteiger partial charge in [-0.25, -0.2) is 4.98 Å². The van der Waals surface area contributed by atoms with E-state index in [0.29, 0.717) is 5.69 Å². The van der Waals surface area contributed by atoms with Crippen molar-refractivity contribution in [1.82, 2.24) is 4.98 Å². The Labute approximate surface area is 105 Å². The molecule has 1 aliphatic carbocycles. The van der Waals surface area contributed by atoms with Crippen molar-refractivity contribution in [3.05, 3.63) is 27.9 Å². The molecule has 1 aromatic heterocycles. The molecule has 1 aromatic rings. The summed E-state index contributed by atoms with van der Waals surface area (Å²) in [5, 5.41) is 10.9. The number of hydrogen-bond donors (Lipinski definition) is 1. The summed E-state index contributed by atoms with van der Waals surface area (Å²) in [7, 11) is 0. The monoisotopic (exact) mass is 251 g/mol. The van der Waals surface area contributed by atoms with Crippen LogP contribution >= 0.6 is 0 Å². The van der Waals surface area contributed by atoms with Gasteiger partial charge in [0.05, 0.1) is 4.92 Å². The Kier molecular flexibility index (Phi) is 3.76. The van der Waals surface area contributed by atoms with E-state index < -0.39 is 4.92 Å². The second kappa shape index (κ2) is 5.30. The summed E-state index contributed by atoms with van der Waals surface area (Å²) in [5.74, 6) is 0.125. The molecule has 0 spiro atoms. The highest BCUT2D eigenvalue weighted by Crippen LogP contribution is 2.28. The fourth-order valence-electron chi connectivity index (χ4n) is 2.12. The molecular formula is C12H17N3O3. The van der Waals surface area contributed by atoms with Gasteiger partial charge >= 0.3 is 5.69 Å². The highest BCUT2D eigenvalue weighted by atomic mass is 16.6. The Bertz CT molecular complexity index is 442. The Morgan fingerprint density at radius 1 is 1.39 bits per heavy atom. The number of aryl methyl sites for hydroxylation is 1. The van der Waals surface area contributed by atoms with Gasteiger partial charge in [0.1, 0.15) is 6.10 Å². The topological polar surface area (TPSA) is 91.3 Å². The number of hydrogen-bond acceptors (Lipinski definition) is 5. The maximum atomic E-state index is 10.9. The Balaban J connectivity index is 2.12. The summed E-state index contributed by atoms with van der Waals surface area (Å²) in [6.45, 7) is 1.79. The molecule has 0 unspecified atom stereocenters. The van der Waals surface area contributed by atoms with Gasteiger partial charge in [-0.05, 0) is 38.7 Å². The lowest BCUT2D eigenvalue weighted by atomic mass is 9.94. The SMILES string of the molecule is Cc1ccc([N+](=O)[O-])c(OC2CCC(N)CC2)n1. The van der Waals surface area contributed by atoms with Crippen LogP contribution < -0.4 is 10.5 Å². The van der Waals surface area contributed by atoms with Crippen LogP contribution in [0.25, 0.3) is 0 Å². The van der Waals surface area contributed by atoms with Crippen LogP contribution in [0.2, 0.25) is 0 Å². The number of nitrogens with zero attached hydrogens (tertiary/aromatic N) is 2. The van der Waals surface area contributed by atoms with Gasteiger partial charge in [0.15, 0.2) is 0 Å². The summed E-state index contributed by atoms with van der Waals surface area (Å²) in [6, 6.07) is 3.28. The largest absolute Gasteiger partial charge is 0.469 e. The smallest absolute Gasteiger partial charge is 0.330 e. The molecule has 2 rings (SSSR count). The first kappa shape index (κ1) is 12.8. The standard InChI is InChI=1S/C12H17N3O3/c1-8-2-7-11(15(16)17)12(14-8)18-10-5-3-9(13)4-6-10/h2,7,9-10H,3-6,13H2,1H3. The number of aromatic nitrogens is 1. The van der Waals surface area contributed by atoms with E-state index in [4.69, 9.17) is 10.5 Å². The molecule has 0 atom stereocenters. The van der Waals surface area contributed by atoms with Gasteiger partial charge in [-0.3, -0.25) is 10.1 Å². The normalized spacial score (nSPS) is 23.7. The molecule has 0 aromatic carbocycles. The number of pyridine rings is 1. The molecule has 1 aliphatic rings. The minimum Gasteiger partial charge on any atom is -0.469 e. The maximum Gasteiger partial charge on any atom is 0.330 e. The van der Waals surface area contributed by atoms with Crippen LogP contribution in [-0.4, -0.2) is 22.1 Å². The fourth-order valence-corrected chi connectivity index (χ4v) is 2.12. The summed E-state index contributed by atoms with van der Waals surface area (Å²) >= 11 is 0. The number of nitro groups is 1. The molecule has 6 heteroatoms. The first-order valence-electron chi connectivity index (χ1n) is 6.10. The highest BCUT2D eigenvalue weighted by molar-refractivity contribution is 5.41. The first-order valence-corrected chi connectivity index (χ1v) is 6.10. The van der Waals surface area contributed by atoms with Crippen LogP contribution in [0, 0.1) is 17.0 Å². The second-order valence-corrected chi connectivity index (χ2v) is 4.69. The molecule has 2 N–H and O–H groups in total. The minimum absolute atomic E-state index is 0.0159. The van der Waals surface area contributed by atoms with Crippen LogP contribution in [0.3, 0.4) is 0 Å². The average molecular weight is 251 g/mol. The number of nitrogens with two attached hydrogens (primary N) is 1. The van der Waals surface area contributed by atoms with Crippen LogP contribution in [0.1, 0.15) is 31.4 Å². The predicted molar refractivity (Wildman–Crippen MR) is 66.5 cm³/mol. The molecule has 0 saturated heterocycles. The lowest BCUT2D eigenvalue weighted by Crippen LogP contribution is -2.32. The predicted octanol–water partition coefficient (Wildman–Crippen LogP) is 1.95. The van der Waals surface area contributed by atoms with Crippen molar-refractivity contribution in [3.8, 4) is 5.88 Å². The van der Waals surface area contributed by atoms with Gasteiger partial charge in [-0.2, -0.15) is 0 Å². The average Bonchev–Trinajstić information content (AvgIpc) is 2.32. The molecule has 1 heterocycles. The molecule has 6 nitrogen and oxygen atoms in total. The van der Waals surface area contributed by atoms with E-state index in [9.17, 15) is 10.1 Å². The van der Waals surface area contributed by atoms with Crippen LogP contribution in [0.5, 0.6) is 5.88 Å². The van der Waals surface area contributed by atoms with Gasteiger partial charge in [0.2, 0.25) is 0 Å². The van der Waals surface area contributed by atoms with Crippen molar-refractivity contribution >= 4 is 5.69 Å². The van der Waals surface area contributed by atoms with Crippen molar-refractivity contribution in [1.29, 1.82) is 0 Å². The summed E-state index contributed by atoms with van der Waals surface area (Å²) in [4.78, 5) is 14.5. The van der Waals surface area contributed by atoms with Gasteiger partial charge in [-0.15, -0.1) is 0 Å². The van der Waals surface area contributed by atoms with Gasteiger partial charge < -0.3 is 10.5 Å². The van der Waals surface area contributed by atoms with E-state index in [1.165, 1.54) is 6.07 Å². The Morgan fingerprint density at radius 3 is 2.67 bits per heavy atom. The van der Waals surface area contributed by atoms with Crippen LogP contribution in [-0.2, 0) is 0 Å². The quantitative estimate of drug-likeness (QED) is 0.654. The molecule has 0 aliphatic heterocycles. The van der Waals surface area contributed by atoms with E-state index in [0.717, 1.165) is 25.7 Å². The summed E-state index contributed by atoms with van der Waals surface area (Å²) in [5.41, 5.74) is 6.45. The molecule has 0 bridgehead atoms. The Hall–Kier alpha value is -1.69. The summed E-state index contributed by atoms with van der Waals surface area (Å²) in [6.07, 6.45) is 3.42. The number of rotatable bonds is 3. The number of ether oxygens (including phenoxy) is 1. The molecule has 0 amide bonds. The first-order chi connectivity index (χ1) is 8.56. The molecule has 0 radical (unpaired) electrons. The molecular weight excluding hydrogens is 234 g/mol. The van der Waals surface area contributed by atoms with Gasteiger partial charge in [0.25, 0.3) is 5.88 Å². The zero-order chi connectivity index (χ0) is 13.1. The van der Waals surface area contributed by atoms with Crippen molar-refractivity contribution < 1.29 is 9.66 Å². The lowest BCUT2D eigenvalue weighted by molar-refractivity contribution is -0.386. The van der Waals surface area contributed by atoms with Gasteiger partial charge in [-0.1, -0.05) is 0 Å². The van der Waals surface area contributed by atoms with Crippen LogP contribution in [0.15, 0.2) is 12.1 Å². The third kappa shape index (κ3) is 2.95. The molecule has 1 fully saturated rings. The second-order valence-electron chi connectivity index (χ2n) is 4.69. The zero-order valence-corrected chi connectivity index (χ0v) is 10.3. The maximum absolute atomic E-state index is 10.9. The zero-order valence-electron chi connectivity index (χ0n) is 10.3. The van der Waals surface area contributed by atoms with Crippen LogP contribution in [0.4, 0.5) is 5.69 Å². The van der Waals surface area contributed by atoms with E-state index in [1.807, 2.05) is 0 Å². The van der Waals surface area contributed by atoms with Gasteiger partial charge in [0, 0.05) is 17.8 Å².